The SMILES string of the molecule is CC(C)(C)c1ccc(S(=O)(=O)N2CC[NH+](Cc3cccc4ccccc34)CC2)cc1. The normalized spacial score (nSPS) is 16.8. The van der Waals surface area contributed by atoms with E-state index in [4.69, 9.17) is 0 Å². The van der Waals surface area contributed by atoms with E-state index < -0.39 is 10.0 Å². The molecule has 0 spiro atoms. The Hall–Kier alpha value is -2.21. The van der Waals surface area contributed by atoms with Gasteiger partial charge in [0.2, 0.25) is 10.0 Å². The van der Waals surface area contributed by atoms with Gasteiger partial charge in [-0.15, -0.1) is 0 Å². The number of rotatable bonds is 4. The third kappa shape index (κ3) is 4.29. The molecule has 0 aliphatic carbocycles. The molecule has 0 saturated carbocycles. The van der Waals surface area contributed by atoms with E-state index in [2.05, 4.69) is 63.2 Å². The zero-order chi connectivity index (χ0) is 21.4. The number of hydrogen-bond donors (Lipinski definition) is 1. The van der Waals surface area contributed by atoms with E-state index in [0.717, 1.165) is 25.2 Å². The van der Waals surface area contributed by atoms with Gasteiger partial charge in [0.1, 0.15) is 6.54 Å². The summed E-state index contributed by atoms with van der Waals surface area (Å²) in [5, 5.41) is 2.55. The Balaban J connectivity index is 1.43. The van der Waals surface area contributed by atoms with E-state index in [1.807, 2.05) is 12.1 Å². The predicted octanol–water partition coefficient (Wildman–Crippen LogP) is 3.23. The Morgan fingerprint density at radius 1 is 0.867 bits per heavy atom. The van der Waals surface area contributed by atoms with Crippen molar-refractivity contribution in [3.8, 4) is 0 Å². The molecule has 1 heterocycles. The van der Waals surface area contributed by atoms with Crippen molar-refractivity contribution in [2.45, 2.75) is 37.6 Å². The monoisotopic (exact) mass is 423 g/mol. The Morgan fingerprint density at radius 2 is 1.50 bits per heavy atom. The average Bonchev–Trinajstić information content (AvgIpc) is 2.74. The fraction of sp³-hybridized carbons (Fsp3) is 0.360. The summed E-state index contributed by atoms with van der Waals surface area (Å²) in [4.78, 5) is 1.83. The average molecular weight is 424 g/mol. The number of quaternary nitrogens is 1. The molecular formula is C25H31N2O2S+. The molecule has 158 valence electrons. The van der Waals surface area contributed by atoms with E-state index in [9.17, 15) is 8.42 Å². The van der Waals surface area contributed by atoms with Crippen LogP contribution in [-0.2, 0) is 22.0 Å². The first-order valence-corrected chi connectivity index (χ1v) is 12.1. The zero-order valence-corrected chi connectivity index (χ0v) is 18.9. The van der Waals surface area contributed by atoms with Gasteiger partial charge in [0.25, 0.3) is 0 Å². The summed E-state index contributed by atoms with van der Waals surface area (Å²) in [5.74, 6) is 0. The summed E-state index contributed by atoms with van der Waals surface area (Å²) in [5.41, 5.74) is 2.49. The Labute approximate surface area is 180 Å². The van der Waals surface area contributed by atoms with Gasteiger partial charge in [0, 0.05) is 5.56 Å². The summed E-state index contributed by atoms with van der Waals surface area (Å²) in [6.45, 7) is 10.1. The lowest BCUT2D eigenvalue weighted by Gasteiger charge is -2.32. The number of sulfonamides is 1. The van der Waals surface area contributed by atoms with Crippen LogP contribution in [0.1, 0.15) is 31.9 Å². The van der Waals surface area contributed by atoms with Crippen LogP contribution in [0.5, 0.6) is 0 Å². The van der Waals surface area contributed by atoms with E-state index in [0.29, 0.717) is 18.0 Å². The van der Waals surface area contributed by atoms with Crippen molar-refractivity contribution >= 4 is 20.8 Å². The predicted molar refractivity (Wildman–Crippen MR) is 122 cm³/mol. The van der Waals surface area contributed by atoms with Gasteiger partial charge in [-0.25, -0.2) is 8.42 Å². The van der Waals surface area contributed by atoms with E-state index >= 15 is 0 Å². The second-order valence-corrected chi connectivity index (χ2v) is 11.2. The van der Waals surface area contributed by atoms with E-state index in [-0.39, 0.29) is 5.41 Å². The minimum Gasteiger partial charge on any atom is -0.329 e. The number of piperazine rings is 1. The second-order valence-electron chi connectivity index (χ2n) is 9.24. The third-order valence-corrected chi connectivity index (χ3v) is 8.02. The highest BCUT2D eigenvalue weighted by Crippen LogP contribution is 2.24. The minimum absolute atomic E-state index is 0.0128. The molecule has 4 nitrogen and oxygen atoms in total. The van der Waals surface area contributed by atoms with Crippen LogP contribution >= 0.6 is 0 Å². The molecule has 0 radical (unpaired) electrons. The van der Waals surface area contributed by atoms with E-state index in [1.165, 1.54) is 21.2 Å². The van der Waals surface area contributed by atoms with Crippen LogP contribution in [-0.4, -0.2) is 38.9 Å². The summed E-state index contributed by atoms with van der Waals surface area (Å²) >= 11 is 0. The second kappa shape index (κ2) is 8.14. The number of nitrogens with zero attached hydrogens (tertiary/aromatic N) is 1. The van der Waals surface area contributed by atoms with Gasteiger partial charge in [-0.2, -0.15) is 4.31 Å². The van der Waals surface area contributed by atoms with Crippen LogP contribution in [0, 0.1) is 0 Å². The van der Waals surface area contributed by atoms with Crippen LogP contribution in [0.15, 0.2) is 71.6 Å². The highest BCUT2D eigenvalue weighted by atomic mass is 32.2. The van der Waals surface area contributed by atoms with Crippen molar-refractivity contribution in [2.75, 3.05) is 26.2 Å². The molecule has 1 N–H and O–H groups in total. The lowest BCUT2D eigenvalue weighted by atomic mass is 9.87. The maximum Gasteiger partial charge on any atom is 0.243 e. The molecule has 4 rings (SSSR count). The molecule has 0 bridgehead atoms. The Kier molecular flexibility index (Phi) is 5.71. The summed E-state index contributed by atoms with van der Waals surface area (Å²) in [6.07, 6.45) is 0. The molecule has 0 aromatic heterocycles. The number of fused-ring (bicyclic) bond motifs is 1. The molecule has 1 aliphatic heterocycles. The zero-order valence-electron chi connectivity index (χ0n) is 18.1. The van der Waals surface area contributed by atoms with Crippen LogP contribution in [0.2, 0.25) is 0 Å². The van der Waals surface area contributed by atoms with Crippen LogP contribution in [0.25, 0.3) is 10.8 Å². The molecule has 0 atom stereocenters. The van der Waals surface area contributed by atoms with Gasteiger partial charge in [-0.05, 0) is 33.9 Å². The van der Waals surface area contributed by atoms with Gasteiger partial charge in [0.15, 0.2) is 0 Å². The molecule has 0 amide bonds. The lowest BCUT2D eigenvalue weighted by Crippen LogP contribution is -3.13. The van der Waals surface area contributed by atoms with Gasteiger partial charge < -0.3 is 4.90 Å². The first kappa shape index (κ1) is 21.0. The molecule has 1 aliphatic rings. The molecule has 3 aromatic carbocycles. The number of hydrogen-bond acceptors (Lipinski definition) is 2. The number of nitrogens with one attached hydrogen (secondary N) is 1. The van der Waals surface area contributed by atoms with Crippen molar-refractivity contribution in [3.63, 3.8) is 0 Å². The smallest absolute Gasteiger partial charge is 0.243 e. The van der Waals surface area contributed by atoms with Crippen molar-refractivity contribution in [2.24, 2.45) is 0 Å². The van der Waals surface area contributed by atoms with Gasteiger partial charge in [-0.1, -0.05) is 75.4 Å². The Morgan fingerprint density at radius 3 is 2.17 bits per heavy atom. The van der Waals surface area contributed by atoms with Crippen molar-refractivity contribution in [1.82, 2.24) is 4.31 Å². The van der Waals surface area contributed by atoms with E-state index in [1.54, 1.807) is 16.4 Å². The van der Waals surface area contributed by atoms with Crippen molar-refractivity contribution in [1.29, 1.82) is 0 Å². The maximum absolute atomic E-state index is 13.1. The molecule has 1 saturated heterocycles. The molecule has 5 heteroatoms. The first-order chi connectivity index (χ1) is 14.2. The Bertz CT molecular complexity index is 1120. The highest BCUT2D eigenvalue weighted by Gasteiger charge is 2.30. The molecule has 1 fully saturated rings. The fourth-order valence-electron chi connectivity index (χ4n) is 4.21. The molecule has 3 aromatic rings. The fourth-order valence-corrected chi connectivity index (χ4v) is 5.65. The largest absolute Gasteiger partial charge is 0.329 e. The van der Waals surface area contributed by atoms with Crippen molar-refractivity contribution in [3.05, 3.63) is 77.9 Å². The summed E-state index contributed by atoms with van der Waals surface area (Å²) in [7, 11) is -3.44. The molecule has 30 heavy (non-hydrogen) atoms. The lowest BCUT2D eigenvalue weighted by molar-refractivity contribution is -0.917. The summed E-state index contributed by atoms with van der Waals surface area (Å²) in [6, 6.07) is 22.3. The van der Waals surface area contributed by atoms with Crippen LogP contribution in [0.4, 0.5) is 0 Å². The minimum atomic E-state index is -3.44. The number of benzene rings is 3. The topological polar surface area (TPSA) is 41.8 Å². The first-order valence-electron chi connectivity index (χ1n) is 10.7. The summed E-state index contributed by atoms with van der Waals surface area (Å²) < 4.78 is 27.9. The molecule has 0 unspecified atom stereocenters. The van der Waals surface area contributed by atoms with Crippen LogP contribution in [0.3, 0.4) is 0 Å². The van der Waals surface area contributed by atoms with Gasteiger partial charge in [-0.3, -0.25) is 0 Å². The molecular weight excluding hydrogens is 392 g/mol. The standard InChI is InChI=1S/C25H30N2O2S/c1-25(2,3)22-11-13-23(14-12-22)30(28,29)27-17-15-26(16-18-27)19-21-9-6-8-20-7-4-5-10-24(20)21/h4-14H,15-19H2,1-3H3/p+1. The maximum atomic E-state index is 13.1. The quantitative estimate of drug-likeness (QED) is 0.700. The van der Waals surface area contributed by atoms with Gasteiger partial charge in [0.05, 0.1) is 31.1 Å². The third-order valence-electron chi connectivity index (χ3n) is 6.11. The van der Waals surface area contributed by atoms with Gasteiger partial charge >= 0.3 is 0 Å². The van der Waals surface area contributed by atoms with Crippen LogP contribution < -0.4 is 4.90 Å². The highest BCUT2D eigenvalue weighted by molar-refractivity contribution is 7.89. The van der Waals surface area contributed by atoms with Crippen molar-refractivity contribution < 1.29 is 13.3 Å².